The van der Waals surface area contributed by atoms with Crippen molar-refractivity contribution in [1.29, 1.82) is 0 Å². The third kappa shape index (κ3) is 4.83. The van der Waals surface area contributed by atoms with Crippen LogP contribution >= 0.6 is 7.14 Å². The van der Waals surface area contributed by atoms with E-state index in [1.54, 1.807) is 42.5 Å². The molecule has 35 heavy (non-hydrogen) atoms. The standard InChI is InChI=1S/C31H29O3P/c1-31(2,3)30(33)28(29(32)23-15-7-4-8-16-23)26-21-13-14-22-27(26)35(34,24-17-9-5-10-18-24)25-19-11-6-12-20-25/h4-22,28H,1-3H3. The zero-order valence-corrected chi connectivity index (χ0v) is 21.1. The molecular formula is C31H29O3P. The predicted molar refractivity (Wildman–Crippen MR) is 144 cm³/mol. The van der Waals surface area contributed by atoms with Crippen molar-refractivity contribution in [3.05, 3.63) is 126 Å². The molecule has 4 heteroatoms. The second kappa shape index (κ2) is 9.98. The van der Waals surface area contributed by atoms with Crippen LogP contribution in [0.15, 0.2) is 115 Å². The predicted octanol–water partition coefficient (Wildman–Crippen LogP) is 5.91. The van der Waals surface area contributed by atoms with Gasteiger partial charge in [0.1, 0.15) is 5.92 Å². The van der Waals surface area contributed by atoms with E-state index in [0.717, 1.165) is 0 Å². The molecule has 1 atom stereocenters. The molecule has 0 spiro atoms. The van der Waals surface area contributed by atoms with E-state index in [1.807, 2.05) is 93.6 Å². The fourth-order valence-electron chi connectivity index (χ4n) is 4.33. The van der Waals surface area contributed by atoms with Gasteiger partial charge in [-0.25, -0.2) is 0 Å². The Bertz CT molecular complexity index is 1330. The van der Waals surface area contributed by atoms with E-state index in [-0.39, 0.29) is 11.6 Å². The number of Topliss-reactive ketones (excluding diaryl/α,β-unsaturated/α-hetero) is 2. The van der Waals surface area contributed by atoms with Crippen LogP contribution in [0.25, 0.3) is 0 Å². The van der Waals surface area contributed by atoms with Gasteiger partial charge in [0.15, 0.2) is 18.7 Å². The molecule has 0 saturated carbocycles. The summed E-state index contributed by atoms with van der Waals surface area (Å²) in [6, 6.07) is 34.7. The van der Waals surface area contributed by atoms with Gasteiger partial charge in [-0.15, -0.1) is 0 Å². The summed E-state index contributed by atoms with van der Waals surface area (Å²) in [7, 11) is -3.40. The molecule has 4 aromatic carbocycles. The smallest absolute Gasteiger partial charge is 0.177 e. The molecule has 3 nitrogen and oxygen atoms in total. The van der Waals surface area contributed by atoms with Crippen LogP contribution in [0.2, 0.25) is 0 Å². The van der Waals surface area contributed by atoms with Crippen molar-refractivity contribution in [2.75, 3.05) is 0 Å². The first kappa shape index (κ1) is 24.6. The van der Waals surface area contributed by atoms with Crippen molar-refractivity contribution >= 4 is 34.6 Å². The molecule has 1 unspecified atom stereocenters. The zero-order valence-electron chi connectivity index (χ0n) is 20.2. The van der Waals surface area contributed by atoms with Crippen LogP contribution in [0, 0.1) is 5.41 Å². The van der Waals surface area contributed by atoms with Crippen LogP contribution in [0.5, 0.6) is 0 Å². The quantitative estimate of drug-likeness (QED) is 0.188. The minimum absolute atomic E-state index is 0.202. The lowest BCUT2D eigenvalue weighted by Crippen LogP contribution is -2.36. The molecule has 4 rings (SSSR count). The summed E-state index contributed by atoms with van der Waals surface area (Å²) in [5.41, 5.74) is 0.183. The van der Waals surface area contributed by atoms with Gasteiger partial charge in [0.25, 0.3) is 0 Å². The molecule has 0 fully saturated rings. The highest BCUT2D eigenvalue weighted by Gasteiger charge is 2.41. The van der Waals surface area contributed by atoms with Crippen LogP contribution in [0.3, 0.4) is 0 Å². The maximum atomic E-state index is 15.2. The molecule has 0 amide bonds. The monoisotopic (exact) mass is 480 g/mol. The van der Waals surface area contributed by atoms with E-state index in [1.165, 1.54) is 0 Å². The average molecular weight is 481 g/mol. The maximum Gasteiger partial charge on any atom is 0.177 e. The van der Waals surface area contributed by atoms with Gasteiger partial charge >= 0.3 is 0 Å². The second-order valence-electron chi connectivity index (χ2n) is 9.62. The summed E-state index contributed by atoms with van der Waals surface area (Å²) < 4.78 is 15.2. The van der Waals surface area contributed by atoms with Crippen molar-refractivity contribution in [1.82, 2.24) is 0 Å². The Morgan fingerprint density at radius 3 is 1.54 bits per heavy atom. The topological polar surface area (TPSA) is 51.2 Å². The number of rotatable bonds is 7. The SMILES string of the molecule is CC(C)(C)C(=O)C(C(=O)c1ccccc1)c1ccccc1P(=O)(c1ccccc1)c1ccccc1. The van der Waals surface area contributed by atoms with Crippen molar-refractivity contribution in [2.45, 2.75) is 26.7 Å². The summed E-state index contributed by atoms with van der Waals surface area (Å²) in [5, 5.41) is 1.84. The molecule has 0 radical (unpaired) electrons. The Morgan fingerprint density at radius 2 is 1.06 bits per heavy atom. The average Bonchev–Trinajstić information content (AvgIpc) is 2.89. The first-order valence-electron chi connectivity index (χ1n) is 11.7. The minimum Gasteiger partial charge on any atom is -0.309 e. The van der Waals surface area contributed by atoms with Gasteiger partial charge in [0, 0.05) is 26.9 Å². The molecule has 0 bridgehead atoms. The Hall–Kier alpha value is -3.55. The molecular weight excluding hydrogens is 451 g/mol. The van der Waals surface area contributed by atoms with Gasteiger partial charge in [0.05, 0.1) is 0 Å². The van der Waals surface area contributed by atoms with E-state index in [4.69, 9.17) is 0 Å². The highest BCUT2D eigenvalue weighted by molar-refractivity contribution is 7.85. The number of carbonyl (C=O) groups excluding carboxylic acids is 2. The fourth-order valence-corrected chi connectivity index (χ4v) is 7.23. The minimum atomic E-state index is -3.40. The lowest BCUT2D eigenvalue weighted by Gasteiger charge is -2.29. The van der Waals surface area contributed by atoms with E-state index in [0.29, 0.717) is 27.0 Å². The third-order valence-electron chi connectivity index (χ3n) is 6.15. The number of benzene rings is 4. The van der Waals surface area contributed by atoms with Gasteiger partial charge in [-0.2, -0.15) is 0 Å². The lowest BCUT2D eigenvalue weighted by atomic mass is 9.76. The number of hydrogen-bond donors (Lipinski definition) is 0. The normalized spacial score (nSPS) is 12.7. The second-order valence-corrected chi connectivity index (χ2v) is 12.3. The van der Waals surface area contributed by atoms with Crippen LogP contribution in [-0.4, -0.2) is 11.6 Å². The Balaban J connectivity index is 2.01. The van der Waals surface area contributed by atoms with Gasteiger partial charge in [0.2, 0.25) is 0 Å². The van der Waals surface area contributed by atoms with Crippen molar-refractivity contribution in [2.24, 2.45) is 5.41 Å². The van der Waals surface area contributed by atoms with Crippen LogP contribution < -0.4 is 15.9 Å². The number of hydrogen-bond acceptors (Lipinski definition) is 3. The summed E-state index contributed by atoms with van der Waals surface area (Å²) in [6.45, 7) is 5.45. The van der Waals surface area contributed by atoms with Gasteiger partial charge in [-0.05, 0) is 5.56 Å². The summed E-state index contributed by atoms with van der Waals surface area (Å²) in [5.74, 6) is -1.56. The Labute approximate surface area is 207 Å². The molecule has 0 aliphatic carbocycles. The lowest BCUT2D eigenvalue weighted by molar-refractivity contribution is -0.126. The molecule has 0 aromatic heterocycles. The summed E-state index contributed by atoms with van der Waals surface area (Å²) in [4.78, 5) is 27.7. The van der Waals surface area contributed by atoms with Gasteiger partial charge in [-0.3, -0.25) is 9.59 Å². The van der Waals surface area contributed by atoms with Gasteiger partial charge in [-0.1, -0.05) is 136 Å². The number of ketones is 2. The van der Waals surface area contributed by atoms with Crippen molar-refractivity contribution in [3.63, 3.8) is 0 Å². The third-order valence-corrected chi connectivity index (χ3v) is 9.28. The fraction of sp³-hybridized carbons (Fsp3) is 0.161. The molecule has 4 aromatic rings. The molecule has 0 saturated heterocycles. The van der Waals surface area contributed by atoms with E-state index in [2.05, 4.69) is 0 Å². The molecule has 0 N–H and O–H groups in total. The maximum absolute atomic E-state index is 15.2. The summed E-state index contributed by atoms with van der Waals surface area (Å²) in [6.07, 6.45) is 0. The first-order valence-corrected chi connectivity index (χ1v) is 13.4. The van der Waals surface area contributed by atoms with E-state index < -0.39 is 18.5 Å². The first-order chi connectivity index (χ1) is 16.7. The van der Waals surface area contributed by atoms with E-state index >= 15 is 4.57 Å². The van der Waals surface area contributed by atoms with Gasteiger partial charge < -0.3 is 4.57 Å². The van der Waals surface area contributed by atoms with Crippen molar-refractivity contribution in [3.8, 4) is 0 Å². The van der Waals surface area contributed by atoms with Crippen LogP contribution in [0.4, 0.5) is 0 Å². The molecule has 176 valence electrons. The largest absolute Gasteiger partial charge is 0.309 e. The molecule has 0 aliphatic heterocycles. The zero-order chi connectivity index (χ0) is 25.1. The van der Waals surface area contributed by atoms with Crippen LogP contribution in [-0.2, 0) is 9.36 Å². The molecule has 0 aliphatic rings. The number of carbonyl (C=O) groups is 2. The van der Waals surface area contributed by atoms with E-state index in [9.17, 15) is 9.59 Å². The Kier molecular flexibility index (Phi) is 7.00. The highest BCUT2D eigenvalue weighted by atomic mass is 31.2. The summed E-state index contributed by atoms with van der Waals surface area (Å²) >= 11 is 0. The Morgan fingerprint density at radius 1 is 0.629 bits per heavy atom. The highest BCUT2D eigenvalue weighted by Crippen LogP contribution is 2.45. The van der Waals surface area contributed by atoms with Crippen molar-refractivity contribution < 1.29 is 14.2 Å². The molecule has 0 heterocycles. The van der Waals surface area contributed by atoms with Crippen LogP contribution in [0.1, 0.15) is 42.6 Å².